The topological polar surface area (TPSA) is 8.81 Å². The number of hydrogen-bond donors (Lipinski definition) is 0. The summed E-state index contributed by atoms with van der Waals surface area (Å²) >= 11 is 0. The van der Waals surface area contributed by atoms with E-state index in [0.29, 0.717) is 0 Å². The van der Waals surface area contributed by atoms with Crippen LogP contribution >= 0.6 is 0 Å². The van der Waals surface area contributed by atoms with E-state index in [1.54, 1.807) is 5.82 Å². The van der Waals surface area contributed by atoms with Crippen molar-refractivity contribution in [2.24, 2.45) is 0 Å². The first kappa shape index (κ1) is 19.3. The van der Waals surface area contributed by atoms with Gasteiger partial charge in [0.15, 0.2) is 0 Å². The number of imidazole rings is 1. The summed E-state index contributed by atoms with van der Waals surface area (Å²) in [6.07, 6.45) is 20.8. The smallest absolute Gasteiger partial charge is 0.234 e. The van der Waals surface area contributed by atoms with Gasteiger partial charge in [0.1, 0.15) is 12.4 Å². The lowest BCUT2D eigenvalue weighted by atomic mass is 10.1. The van der Waals surface area contributed by atoms with Crippen LogP contribution in [-0.4, -0.2) is 4.57 Å². The lowest BCUT2D eigenvalue weighted by Gasteiger charge is -2.05. The van der Waals surface area contributed by atoms with Crippen molar-refractivity contribution in [1.82, 2.24) is 4.57 Å². The van der Waals surface area contributed by atoms with Gasteiger partial charge in [0.2, 0.25) is 0 Å². The Hall–Kier alpha value is -0.790. The quantitative estimate of drug-likeness (QED) is 0.309. The van der Waals surface area contributed by atoms with Crippen molar-refractivity contribution in [3.05, 3.63) is 18.2 Å². The first-order valence-corrected chi connectivity index (χ1v) is 9.90. The molecule has 0 saturated carbocycles. The summed E-state index contributed by atoms with van der Waals surface area (Å²) in [5.41, 5.74) is 0. The molecule has 1 aromatic rings. The zero-order valence-corrected chi connectivity index (χ0v) is 15.4. The van der Waals surface area contributed by atoms with Crippen molar-refractivity contribution in [3.63, 3.8) is 0 Å². The maximum absolute atomic E-state index is 2.52. The highest BCUT2D eigenvalue weighted by Crippen LogP contribution is 2.08. The lowest BCUT2D eigenvalue weighted by molar-refractivity contribution is -0.704. The van der Waals surface area contributed by atoms with Gasteiger partial charge in [0.25, 0.3) is 5.82 Å². The van der Waals surface area contributed by atoms with Gasteiger partial charge in [-0.05, 0) is 32.1 Å². The summed E-state index contributed by atoms with van der Waals surface area (Å²) in [5.74, 6) is 1.55. The van der Waals surface area contributed by atoms with Gasteiger partial charge < -0.3 is 0 Å². The fraction of sp³-hybridized carbons (Fsp3) is 0.850. The van der Waals surface area contributed by atoms with E-state index < -0.39 is 0 Å². The zero-order chi connectivity index (χ0) is 16.0. The van der Waals surface area contributed by atoms with Crippen LogP contribution in [0.2, 0.25) is 0 Å². The number of unbranched alkanes of at least 4 members (excludes halogenated alkanes) is 8. The molecule has 0 aliphatic heterocycles. The second kappa shape index (κ2) is 12.7. The van der Waals surface area contributed by atoms with E-state index in [-0.39, 0.29) is 0 Å². The van der Waals surface area contributed by atoms with Gasteiger partial charge in [-0.3, -0.25) is 0 Å². The lowest BCUT2D eigenvalue weighted by Crippen LogP contribution is -2.37. The SMILES string of the molecule is CCCCCCCn1cc[n+](CCCCCCC)c1CCC. The highest BCUT2D eigenvalue weighted by Gasteiger charge is 2.15. The van der Waals surface area contributed by atoms with Gasteiger partial charge in [-0.25, -0.2) is 9.13 Å². The van der Waals surface area contributed by atoms with Crippen molar-refractivity contribution in [2.45, 2.75) is 111 Å². The Balaban J connectivity index is 2.41. The van der Waals surface area contributed by atoms with Crippen LogP contribution in [0.3, 0.4) is 0 Å². The van der Waals surface area contributed by atoms with Gasteiger partial charge in [0, 0.05) is 6.42 Å². The molecule has 0 N–H and O–H groups in total. The Morgan fingerprint density at radius 2 is 1.41 bits per heavy atom. The third kappa shape index (κ3) is 7.47. The Labute approximate surface area is 138 Å². The Morgan fingerprint density at radius 3 is 2.05 bits per heavy atom. The van der Waals surface area contributed by atoms with E-state index in [1.807, 2.05) is 0 Å². The second-order valence-electron chi connectivity index (χ2n) is 6.68. The number of aromatic nitrogens is 2. The normalized spacial score (nSPS) is 11.2. The van der Waals surface area contributed by atoms with E-state index in [4.69, 9.17) is 0 Å². The van der Waals surface area contributed by atoms with Gasteiger partial charge >= 0.3 is 0 Å². The Bertz CT molecular complexity index is 336. The van der Waals surface area contributed by atoms with Gasteiger partial charge in [-0.1, -0.05) is 59.3 Å². The molecule has 0 unspecified atom stereocenters. The van der Waals surface area contributed by atoms with Gasteiger partial charge in [-0.2, -0.15) is 0 Å². The van der Waals surface area contributed by atoms with Crippen molar-refractivity contribution < 1.29 is 4.57 Å². The van der Waals surface area contributed by atoms with E-state index in [9.17, 15) is 0 Å². The minimum atomic E-state index is 1.21. The average molecular weight is 308 g/mol. The van der Waals surface area contributed by atoms with Crippen molar-refractivity contribution >= 4 is 0 Å². The molecule has 0 spiro atoms. The van der Waals surface area contributed by atoms with Crippen molar-refractivity contribution in [3.8, 4) is 0 Å². The van der Waals surface area contributed by atoms with Crippen LogP contribution in [0.4, 0.5) is 0 Å². The predicted molar refractivity (Wildman–Crippen MR) is 96.1 cm³/mol. The van der Waals surface area contributed by atoms with Gasteiger partial charge in [0.05, 0.1) is 13.1 Å². The van der Waals surface area contributed by atoms with Crippen LogP contribution in [0.5, 0.6) is 0 Å². The molecule has 128 valence electrons. The summed E-state index contributed by atoms with van der Waals surface area (Å²) < 4.78 is 5.03. The van der Waals surface area contributed by atoms with Crippen molar-refractivity contribution in [2.75, 3.05) is 0 Å². The molecular weight excluding hydrogens is 268 g/mol. The molecule has 0 aliphatic rings. The van der Waals surface area contributed by atoms with E-state index >= 15 is 0 Å². The molecule has 22 heavy (non-hydrogen) atoms. The van der Waals surface area contributed by atoms with E-state index in [1.165, 1.54) is 90.1 Å². The highest BCUT2D eigenvalue weighted by atomic mass is 15.1. The van der Waals surface area contributed by atoms with Crippen LogP contribution in [0, 0.1) is 0 Å². The first-order valence-electron chi connectivity index (χ1n) is 9.90. The van der Waals surface area contributed by atoms with Crippen LogP contribution < -0.4 is 4.57 Å². The number of hydrogen-bond acceptors (Lipinski definition) is 0. The molecule has 0 atom stereocenters. The minimum absolute atomic E-state index is 1.21. The molecule has 1 rings (SSSR count). The number of rotatable bonds is 14. The molecular formula is C20H39N2+. The summed E-state index contributed by atoms with van der Waals surface area (Å²) in [5, 5.41) is 0. The Morgan fingerprint density at radius 1 is 0.773 bits per heavy atom. The molecule has 0 saturated heterocycles. The average Bonchev–Trinajstić information content (AvgIpc) is 2.90. The highest BCUT2D eigenvalue weighted by molar-refractivity contribution is 4.84. The van der Waals surface area contributed by atoms with Crippen LogP contribution in [0.25, 0.3) is 0 Å². The molecule has 0 fully saturated rings. The molecule has 0 radical (unpaired) electrons. The Kier molecular flexibility index (Phi) is 11.1. The molecule has 0 bridgehead atoms. The summed E-state index contributed by atoms with van der Waals surface area (Å²) in [7, 11) is 0. The van der Waals surface area contributed by atoms with Gasteiger partial charge in [-0.15, -0.1) is 0 Å². The predicted octanol–water partition coefficient (Wildman–Crippen LogP) is 5.67. The number of nitrogens with zero attached hydrogens (tertiary/aromatic N) is 2. The van der Waals surface area contributed by atoms with Crippen LogP contribution in [0.15, 0.2) is 12.4 Å². The molecule has 1 heterocycles. The largest absolute Gasteiger partial charge is 0.256 e. The van der Waals surface area contributed by atoms with Crippen LogP contribution in [-0.2, 0) is 19.5 Å². The summed E-state index contributed by atoms with van der Waals surface area (Å²) in [6, 6.07) is 0. The fourth-order valence-corrected chi connectivity index (χ4v) is 3.19. The van der Waals surface area contributed by atoms with Crippen LogP contribution in [0.1, 0.15) is 97.2 Å². The van der Waals surface area contributed by atoms with E-state index in [2.05, 4.69) is 42.3 Å². The molecule has 0 aromatic carbocycles. The molecule has 1 aromatic heterocycles. The fourth-order valence-electron chi connectivity index (χ4n) is 3.19. The number of aryl methyl sites for hydroxylation is 2. The summed E-state index contributed by atoms with van der Waals surface area (Å²) in [4.78, 5) is 0. The second-order valence-corrected chi connectivity index (χ2v) is 6.68. The summed E-state index contributed by atoms with van der Waals surface area (Å²) in [6.45, 7) is 9.29. The van der Waals surface area contributed by atoms with Crippen molar-refractivity contribution in [1.29, 1.82) is 0 Å². The standard InChI is InChI=1S/C20H39N2/c1-4-7-9-11-13-16-21-18-19-22(20(21)15-6-3)17-14-12-10-8-5-2/h18-19H,4-17H2,1-3H3/q+1. The molecule has 0 amide bonds. The zero-order valence-electron chi connectivity index (χ0n) is 15.4. The minimum Gasteiger partial charge on any atom is -0.234 e. The monoisotopic (exact) mass is 307 g/mol. The third-order valence-electron chi connectivity index (χ3n) is 4.57. The molecule has 2 nitrogen and oxygen atoms in total. The molecule has 2 heteroatoms. The first-order chi connectivity index (χ1) is 10.8. The maximum atomic E-state index is 2.52. The third-order valence-corrected chi connectivity index (χ3v) is 4.57. The maximum Gasteiger partial charge on any atom is 0.256 e. The molecule has 0 aliphatic carbocycles. The van der Waals surface area contributed by atoms with E-state index in [0.717, 1.165) is 0 Å².